The molecule has 1 N–H and O–H groups in total. The Morgan fingerprint density at radius 3 is 2.50 bits per heavy atom. The van der Waals surface area contributed by atoms with Crippen LogP contribution >= 0.6 is 0 Å². The zero-order chi connectivity index (χ0) is 13.9. The van der Waals surface area contributed by atoms with Crippen LogP contribution in [0.25, 0.3) is 0 Å². The van der Waals surface area contributed by atoms with Crippen molar-refractivity contribution in [3.8, 4) is 0 Å². The molecule has 0 fully saturated rings. The molecule has 0 unspecified atom stereocenters. The van der Waals surface area contributed by atoms with Gasteiger partial charge >= 0.3 is 0 Å². The first-order valence-electron chi connectivity index (χ1n) is 6.18. The highest BCUT2D eigenvalue weighted by atomic mass is 16.3. The lowest BCUT2D eigenvalue weighted by molar-refractivity contribution is -0.132. The van der Waals surface area contributed by atoms with E-state index in [0.717, 1.165) is 12.8 Å². The summed E-state index contributed by atoms with van der Waals surface area (Å²) in [6, 6.07) is 0. The Morgan fingerprint density at radius 1 is 1.33 bits per heavy atom. The number of ketones is 2. The molecule has 0 radical (unpaired) electrons. The van der Waals surface area contributed by atoms with Crippen LogP contribution in [-0.4, -0.2) is 16.7 Å². The molecule has 0 aliphatic heterocycles. The van der Waals surface area contributed by atoms with Gasteiger partial charge in [-0.05, 0) is 45.6 Å². The van der Waals surface area contributed by atoms with Crippen LogP contribution in [0.15, 0.2) is 34.6 Å². The van der Waals surface area contributed by atoms with E-state index >= 15 is 0 Å². The van der Waals surface area contributed by atoms with Crippen molar-refractivity contribution in [1.82, 2.24) is 0 Å². The van der Waals surface area contributed by atoms with E-state index in [1.165, 1.54) is 11.6 Å². The molecular weight excluding hydrogens is 228 g/mol. The largest absolute Gasteiger partial charge is 0.508 e. The van der Waals surface area contributed by atoms with Gasteiger partial charge in [0.15, 0.2) is 0 Å². The molecule has 1 atom stereocenters. The first kappa shape index (κ1) is 14.4. The summed E-state index contributed by atoms with van der Waals surface area (Å²) in [7, 11) is 0. The second-order valence-electron chi connectivity index (χ2n) is 5.04. The molecule has 0 heterocycles. The van der Waals surface area contributed by atoms with Crippen molar-refractivity contribution in [2.24, 2.45) is 5.92 Å². The quantitative estimate of drug-likeness (QED) is 0.472. The number of rotatable bonds is 4. The topological polar surface area (TPSA) is 54.4 Å². The summed E-state index contributed by atoms with van der Waals surface area (Å²) in [5.41, 5.74) is 1.78. The van der Waals surface area contributed by atoms with E-state index in [0.29, 0.717) is 5.57 Å². The summed E-state index contributed by atoms with van der Waals surface area (Å²) in [5.74, 6) is -1.22. The summed E-state index contributed by atoms with van der Waals surface area (Å²) in [6.07, 6.45) is 5.06. The summed E-state index contributed by atoms with van der Waals surface area (Å²) in [4.78, 5) is 23.5. The number of aliphatic hydroxyl groups is 1. The van der Waals surface area contributed by atoms with Gasteiger partial charge in [-0.15, -0.1) is 0 Å². The summed E-state index contributed by atoms with van der Waals surface area (Å²) < 4.78 is 0. The number of carbonyl (C=O) groups excluding carboxylic acids is 2. The molecule has 3 heteroatoms. The minimum absolute atomic E-state index is 0.0539. The Labute approximate surface area is 108 Å². The Morgan fingerprint density at radius 2 is 1.94 bits per heavy atom. The maximum Gasteiger partial charge on any atom is 0.233 e. The fourth-order valence-electron chi connectivity index (χ4n) is 2.01. The van der Waals surface area contributed by atoms with Crippen LogP contribution in [-0.2, 0) is 9.59 Å². The first-order chi connectivity index (χ1) is 8.34. The molecule has 0 spiro atoms. The molecule has 0 aromatic carbocycles. The molecule has 0 bridgehead atoms. The van der Waals surface area contributed by atoms with Gasteiger partial charge in [0.05, 0.1) is 0 Å². The lowest BCUT2D eigenvalue weighted by Gasteiger charge is -2.18. The standard InChI is InChI=1S/C15H20O3/c1-9(2)6-5-7-10(3)13-12(16)8-11(4)14(17)15(13)18/h6,8,10,16H,5,7H2,1-4H3/t10-/m0/s1. The summed E-state index contributed by atoms with van der Waals surface area (Å²) in [6.45, 7) is 7.44. The lowest BCUT2D eigenvalue weighted by Crippen LogP contribution is -2.26. The number of Topliss-reactive ketones (excluding diaryl/α,β-unsaturated/α-hetero) is 2. The van der Waals surface area contributed by atoms with Gasteiger partial charge in [0, 0.05) is 11.1 Å². The van der Waals surface area contributed by atoms with Crippen LogP contribution < -0.4 is 0 Å². The van der Waals surface area contributed by atoms with Gasteiger partial charge in [0.2, 0.25) is 11.6 Å². The van der Waals surface area contributed by atoms with Crippen LogP contribution in [0.5, 0.6) is 0 Å². The van der Waals surface area contributed by atoms with Gasteiger partial charge in [-0.1, -0.05) is 18.6 Å². The fourth-order valence-corrected chi connectivity index (χ4v) is 2.01. The van der Waals surface area contributed by atoms with Crippen LogP contribution in [0.1, 0.15) is 40.5 Å². The molecule has 18 heavy (non-hydrogen) atoms. The number of allylic oxidation sites excluding steroid dienone is 5. The highest BCUT2D eigenvalue weighted by Gasteiger charge is 2.30. The monoisotopic (exact) mass is 248 g/mol. The van der Waals surface area contributed by atoms with Crippen molar-refractivity contribution < 1.29 is 14.7 Å². The number of carbonyl (C=O) groups is 2. The third-order valence-corrected chi connectivity index (χ3v) is 3.08. The fraction of sp³-hybridized carbons (Fsp3) is 0.467. The maximum atomic E-state index is 11.9. The highest BCUT2D eigenvalue weighted by molar-refractivity contribution is 6.50. The lowest BCUT2D eigenvalue weighted by atomic mass is 9.85. The van der Waals surface area contributed by atoms with Gasteiger partial charge in [-0.3, -0.25) is 9.59 Å². The predicted octanol–water partition coefficient (Wildman–Crippen LogP) is 3.28. The molecule has 0 saturated carbocycles. The van der Waals surface area contributed by atoms with Crippen molar-refractivity contribution >= 4 is 11.6 Å². The first-order valence-corrected chi connectivity index (χ1v) is 6.18. The smallest absolute Gasteiger partial charge is 0.233 e. The van der Waals surface area contributed by atoms with Crippen LogP contribution in [0.4, 0.5) is 0 Å². The predicted molar refractivity (Wildman–Crippen MR) is 71.3 cm³/mol. The molecule has 3 nitrogen and oxygen atoms in total. The van der Waals surface area contributed by atoms with Crippen molar-refractivity contribution in [2.45, 2.75) is 40.5 Å². The Kier molecular flexibility index (Phi) is 4.65. The molecule has 1 aliphatic rings. The number of hydrogen-bond donors (Lipinski definition) is 1. The third-order valence-electron chi connectivity index (χ3n) is 3.08. The average Bonchev–Trinajstić information content (AvgIpc) is 2.25. The zero-order valence-corrected chi connectivity index (χ0v) is 11.4. The Hall–Kier alpha value is -1.64. The van der Waals surface area contributed by atoms with E-state index in [2.05, 4.69) is 6.08 Å². The molecule has 0 amide bonds. The molecule has 98 valence electrons. The van der Waals surface area contributed by atoms with Gasteiger partial charge in [-0.2, -0.15) is 0 Å². The van der Waals surface area contributed by atoms with E-state index in [4.69, 9.17) is 0 Å². The van der Waals surface area contributed by atoms with E-state index in [9.17, 15) is 14.7 Å². The number of hydrogen-bond acceptors (Lipinski definition) is 3. The molecule has 0 aromatic rings. The molecule has 0 aromatic heterocycles. The van der Waals surface area contributed by atoms with Gasteiger partial charge in [0.25, 0.3) is 0 Å². The van der Waals surface area contributed by atoms with Crippen LogP contribution in [0.3, 0.4) is 0 Å². The van der Waals surface area contributed by atoms with Crippen molar-refractivity contribution in [2.75, 3.05) is 0 Å². The summed E-state index contributed by atoms with van der Waals surface area (Å²) in [5, 5.41) is 9.82. The van der Waals surface area contributed by atoms with Crippen molar-refractivity contribution in [3.63, 3.8) is 0 Å². The number of aliphatic hydroxyl groups excluding tert-OH is 1. The van der Waals surface area contributed by atoms with Gasteiger partial charge in [0.1, 0.15) is 5.76 Å². The van der Waals surface area contributed by atoms with Crippen LogP contribution in [0.2, 0.25) is 0 Å². The Balaban J connectivity index is 2.87. The summed E-state index contributed by atoms with van der Waals surface area (Å²) >= 11 is 0. The normalized spacial score (nSPS) is 17.7. The van der Waals surface area contributed by atoms with Crippen LogP contribution in [0, 0.1) is 5.92 Å². The van der Waals surface area contributed by atoms with Crippen molar-refractivity contribution in [3.05, 3.63) is 34.6 Å². The minimum atomic E-state index is -0.558. The van der Waals surface area contributed by atoms with E-state index < -0.39 is 11.6 Å². The second-order valence-corrected chi connectivity index (χ2v) is 5.04. The molecular formula is C15H20O3. The zero-order valence-electron chi connectivity index (χ0n) is 11.4. The SMILES string of the molecule is CC(C)=CCC[C@H](C)C1=C(O)C=C(C)C(=O)C1=O. The molecule has 1 aliphatic carbocycles. The van der Waals surface area contributed by atoms with Gasteiger partial charge in [-0.25, -0.2) is 0 Å². The van der Waals surface area contributed by atoms with E-state index in [-0.39, 0.29) is 17.3 Å². The Bertz CT molecular complexity index is 460. The van der Waals surface area contributed by atoms with Crippen molar-refractivity contribution in [1.29, 1.82) is 0 Å². The minimum Gasteiger partial charge on any atom is -0.508 e. The second kappa shape index (κ2) is 5.80. The average molecular weight is 248 g/mol. The molecule has 0 saturated heterocycles. The highest BCUT2D eigenvalue weighted by Crippen LogP contribution is 2.26. The van der Waals surface area contributed by atoms with E-state index in [1.54, 1.807) is 6.92 Å². The van der Waals surface area contributed by atoms with E-state index in [1.807, 2.05) is 20.8 Å². The van der Waals surface area contributed by atoms with Gasteiger partial charge < -0.3 is 5.11 Å². The third kappa shape index (κ3) is 3.19. The maximum absolute atomic E-state index is 11.9. The molecule has 1 rings (SSSR count).